The number of nitrogens with one attached hydrogen (secondary N) is 1. The highest BCUT2D eigenvalue weighted by atomic mass is 16.4. The molecular formula is C13H10N4O4. The van der Waals surface area contributed by atoms with Gasteiger partial charge in [0.1, 0.15) is 0 Å². The number of aromatic carboxylic acids is 1. The van der Waals surface area contributed by atoms with E-state index in [2.05, 4.69) is 15.5 Å². The molecule has 1 aromatic carbocycles. The van der Waals surface area contributed by atoms with Crippen molar-refractivity contribution >= 4 is 34.4 Å². The molecule has 3 rings (SSSR count). The molecule has 2 heterocycles. The van der Waals surface area contributed by atoms with E-state index in [1.54, 1.807) is 18.2 Å². The third-order valence-corrected chi connectivity index (χ3v) is 3.23. The molecule has 0 atom stereocenters. The number of urea groups is 1. The first-order valence-corrected chi connectivity index (χ1v) is 6.17. The van der Waals surface area contributed by atoms with Crippen LogP contribution >= 0.6 is 0 Å². The van der Waals surface area contributed by atoms with Crippen LogP contribution in [-0.2, 0) is 4.79 Å². The first kappa shape index (κ1) is 13.0. The fourth-order valence-corrected chi connectivity index (χ4v) is 2.28. The van der Waals surface area contributed by atoms with Crippen LogP contribution < -0.4 is 10.2 Å². The number of carboxylic acids is 1. The van der Waals surface area contributed by atoms with Gasteiger partial charge in [-0.25, -0.2) is 9.59 Å². The second-order valence-corrected chi connectivity index (χ2v) is 4.49. The molecule has 0 saturated carbocycles. The monoisotopic (exact) mass is 286 g/mol. The van der Waals surface area contributed by atoms with E-state index in [1.807, 2.05) is 0 Å². The number of imide groups is 1. The van der Waals surface area contributed by atoms with Gasteiger partial charge in [0.25, 0.3) is 0 Å². The zero-order chi connectivity index (χ0) is 15.0. The summed E-state index contributed by atoms with van der Waals surface area (Å²) in [6.45, 7) is 0.231. The van der Waals surface area contributed by atoms with Crippen LogP contribution in [0.1, 0.15) is 16.9 Å². The standard InChI is InChI=1S/C13H10N4O4/c18-10-4-5-17(13(21)15-10)9-3-1-2-7-8(9)6-14-16-11(7)12(19)20/h1-3,6H,4-5H2,(H,19,20)(H,15,18,21). The Labute approximate surface area is 118 Å². The molecule has 0 bridgehead atoms. The van der Waals surface area contributed by atoms with Crippen molar-refractivity contribution in [3.05, 3.63) is 30.1 Å². The molecule has 0 radical (unpaired) electrons. The van der Waals surface area contributed by atoms with Crippen molar-refractivity contribution < 1.29 is 19.5 Å². The molecule has 3 amide bonds. The molecule has 1 aromatic heterocycles. The lowest BCUT2D eigenvalue weighted by atomic mass is 10.1. The number of amides is 3. The summed E-state index contributed by atoms with van der Waals surface area (Å²) < 4.78 is 0. The van der Waals surface area contributed by atoms with Crippen molar-refractivity contribution in [1.29, 1.82) is 0 Å². The molecule has 2 aromatic rings. The Morgan fingerprint density at radius 3 is 2.81 bits per heavy atom. The Hall–Kier alpha value is -3.03. The first-order valence-electron chi connectivity index (χ1n) is 6.17. The van der Waals surface area contributed by atoms with Gasteiger partial charge in [-0.2, -0.15) is 5.10 Å². The number of aromatic nitrogens is 2. The number of carbonyl (C=O) groups is 3. The van der Waals surface area contributed by atoms with Crippen LogP contribution in [-0.4, -0.2) is 39.8 Å². The lowest BCUT2D eigenvalue weighted by Crippen LogP contribution is -2.49. The van der Waals surface area contributed by atoms with Gasteiger partial charge in [0.05, 0.1) is 11.9 Å². The predicted octanol–water partition coefficient (Wildman–Crippen LogP) is 0.774. The highest BCUT2D eigenvalue weighted by Crippen LogP contribution is 2.28. The van der Waals surface area contributed by atoms with Crippen LogP contribution in [0.3, 0.4) is 0 Å². The second kappa shape index (κ2) is 4.82. The highest BCUT2D eigenvalue weighted by Gasteiger charge is 2.26. The van der Waals surface area contributed by atoms with E-state index in [-0.39, 0.29) is 24.6 Å². The average Bonchev–Trinajstić information content (AvgIpc) is 2.46. The van der Waals surface area contributed by atoms with Crippen molar-refractivity contribution in [3.8, 4) is 0 Å². The van der Waals surface area contributed by atoms with Gasteiger partial charge in [-0.3, -0.25) is 15.0 Å². The van der Waals surface area contributed by atoms with E-state index in [0.717, 1.165) is 0 Å². The van der Waals surface area contributed by atoms with Crippen LogP contribution in [0, 0.1) is 0 Å². The third kappa shape index (κ3) is 2.16. The smallest absolute Gasteiger partial charge is 0.357 e. The molecule has 1 aliphatic rings. The zero-order valence-corrected chi connectivity index (χ0v) is 10.7. The summed E-state index contributed by atoms with van der Waals surface area (Å²) in [5, 5.41) is 19.5. The largest absolute Gasteiger partial charge is 0.476 e. The molecule has 0 unspecified atom stereocenters. The number of fused-ring (bicyclic) bond motifs is 1. The van der Waals surface area contributed by atoms with Crippen LogP contribution in [0.5, 0.6) is 0 Å². The fourth-order valence-electron chi connectivity index (χ4n) is 2.28. The molecule has 21 heavy (non-hydrogen) atoms. The number of hydrogen-bond donors (Lipinski definition) is 2. The summed E-state index contributed by atoms with van der Waals surface area (Å²) in [7, 11) is 0. The molecule has 8 nitrogen and oxygen atoms in total. The molecular weight excluding hydrogens is 276 g/mol. The average molecular weight is 286 g/mol. The summed E-state index contributed by atoms with van der Waals surface area (Å²) in [6.07, 6.45) is 1.59. The van der Waals surface area contributed by atoms with Crippen LogP contribution in [0.4, 0.5) is 10.5 Å². The van der Waals surface area contributed by atoms with E-state index < -0.39 is 12.0 Å². The molecule has 1 aliphatic heterocycles. The number of carbonyl (C=O) groups excluding carboxylic acids is 2. The number of hydrogen-bond acceptors (Lipinski definition) is 5. The summed E-state index contributed by atoms with van der Waals surface area (Å²) in [5.74, 6) is -1.52. The molecule has 1 saturated heterocycles. The number of anilines is 1. The van der Waals surface area contributed by atoms with Gasteiger partial charge < -0.3 is 5.11 Å². The summed E-state index contributed by atoms with van der Waals surface area (Å²) in [4.78, 5) is 35.7. The van der Waals surface area contributed by atoms with E-state index in [4.69, 9.17) is 5.11 Å². The van der Waals surface area contributed by atoms with Crippen LogP contribution in [0.25, 0.3) is 10.8 Å². The van der Waals surface area contributed by atoms with E-state index >= 15 is 0 Å². The Kier molecular flexibility index (Phi) is 2.98. The second-order valence-electron chi connectivity index (χ2n) is 4.49. The maximum absolute atomic E-state index is 11.9. The normalized spacial score (nSPS) is 15.1. The van der Waals surface area contributed by atoms with Gasteiger partial charge in [0.2, 0.25) is 5.91 Å². The number of benzene rings is 1. The molecule has 8 heteroatoms. The lowest BCUT2D eigenvalue weighted by molar-refractivity contribution is -0.120. The minimum absolute atomic E-state index is 0.178. The van der Waals surface area contributed by atoms with Crippen molar-refractivity contribution in [1.82, 2.24) is 15.5 Å². The Morgan fingerprint density at radius 2 is 2.10 bits per heavy atom. The Bertz CT molecular complexity index is 774. The highest BCUT2D eigenvalue weighted by molar-refractivity contribution is 6.12. The molecule has 1 fully saturated rings. The SMILES string of the molecule is O=C1CCN(c2cccc3c(C(=O)O)nncc23)C(=O)N1. The zero-order valence-electron chi connectivity index (χ0n) is 10.7. The van der Waals surface area contributed by atoms with Crippen molar-refractivity contribution in [2.45, 2.75) is 6.42 Å². The fraction of sp³-hybridized carbons (Fsp3) is 0.154. The third-order valence-electron chi connectivity index (χ3n) is 3.23. The summed E-state index contributed by atoms with van der Waals surface area (Å²) >= 11 is 0. The first-order chi connectivity index (χ1) is 10.1. The van der Waals surface area contributed by atoms with E-state index in [9.17, 15) is 14.4 Å². The maximum Gasteiger partial charge on any atom is 0.357 e. The summed E-state index contributed by atoms with van der Waals surface area (Å²) in [6, 6.07) is 4.37. The molecule has 2 N–H and O–H groups in total. The van der Waals surface area contributed by atoms with E-state index in [1.165, 1.54) is 11.1 Å². The van der Waals surface area contributed by atoms with Gasteiger partial charge in [-0.15, -0.1) is 5.10 Å². The lowest BCUT2D eigenvalue weighted by Gasteiger charge is -2.27. The minimum Gasteiger partial charge on any atom is -0.476 e. The molecule has 0 spiro atoms. The van der Waals surface area contributed by atoms with Crippen LogP contribution in [0.15, 0.2) is 24.4 Å². The number of carboxylic acid groups (broad SMARTS) is 1. The van der Waals surface area contributed by atoms with Crippen molar-refractivity contribution in [3.63, 3.8) is 0 Å². The predicted molar refractivity (Wildman–Crippen MR) is 72.0 cm³/mol. The maximum atomic E-state index is 11.9. The Morgan fingerprint density at radius 1 is 1.29 bits per heavy atom. The van der Waals surface area contributed by atoms with E-state index in [0.29, 0.717) is 16.5 Å². The summed E-state index contributed by atoms with van der Waals surface area (Å²) in [5.41, 5.74) is 0.317. The Balaban J connectivity index is 2.16. The molecule has 0 aliphatic carbocycles. The number of rotatable bonds is 2. The minimum atomic E-state index is -1.19. The molecule has 106 valence electrons. The number of nitrogens with zero attached hydrogens (tertiary/aromatic N) is 3. The van der Waals surface area contributed by atoms with Gasteiger partial charge >= 0.3 is 12.0 Å². The van der Waals surface area contributed by atoms with Gasteiger partial charge in [0.15, 0.2) is 5.69 Å². The van der Waals surface area contributed by atoms with Crippen molar-refractivity contribution in [2.24, 2.45) is 0 Å². The van der Waals surface area contributed by atoms with Crippen molar-refractivity contribution in [2.75, 3.05) is 11.4 Å². The van der Waals surface area contributed by atoms with Gasteiger partial charge in [0, 0.05) is 23.7 Å². The quantitative estimate of drug-likeness (QED) is 0.843. The van der Waals surface area contributed by atoms with Crippen LogP contribution in [0.2, 0.25) is 0 Å². The topological polar surface area (TPSA) is 112 Å². The van der Waals surface area contributed by atoms with Gasteiger partial charge in [-0.05, 0) is 6.07 Å². The van der Waals surface area contributed by atoms with Gasteiger partial charge in [-0.1, -0.05) is 12.1 Å².